The maximum atomic E-state index is 12.3. The molecule has 1 atom stereocenters. The summed E-state index contributed by atoms with van der Waals surface area (Å²) in [6.07, 6.45) is 1.87. The summed E-state index contributed by atoms with van der Waals surface area (Å²) in [5.74, 6) is 0.973. The molecule has 1 fully saturated rings. The molecule has 2 rings (SSSR count). The van der Waals surface area contributed by atoms with Crippen molar-refractivity contribution >= 4 is 10.0 Å². The van der Waals surface area contributed by atoms with Crippen LogP contribution in [0.3, 0.4) is 0 Å². The largest absolute Gasteiger partial charge is 0.493 e. The van der Waals surface area contributed by atoms with Crippen molar-refractivity contribution in [1.29, 1.82) is 0 Å². The summed E-state index contributed by atoms with van der Waals surface area (Å²) in [6, 6.07) is 4.37. The van der Waals surface area contributed by atoms with Crippen LogP contribution in [0.1, 0.15) is 19.8 Å². The SMILES string of the molecule is COc1ccc(S(=O)(=O)NCC(C)(O)C2CC2)cc1OC. The summed E-state index contributed by atoms with van der Waals surface area (Å²) >= 11 is 0. The minimum absolute atomic E-state index is 0.00561. The van der Waals surface area contributed by atoms with E-state index in [1.807, 2.05) is 0 Å². The average Bonchev–Trinajstić information content (AvgIpc) is 3.29. The van der Waals surface area contributed by atoms with Gasteiger partial charge >= 0.3 is 0 Å². The van der Waals surface area contributed by atoms with E-state index >= 15 is 0 Å². The van der Waals surface area contributed by atoms with E-state index in [0.29, 0.717) is 11.5 Å². The maximum absolute atomic E-state index is 12.3. The van der Waals surface area contributed by atoms with Gasteiger partial charge in [0.15, 0.2) is 11.5 Å². The van der Waals surface area contributed by atoms with Gasteiger partial charge < -0.3 is 14.6 Å². The van der Waals surface area contributed by atoms with Gasteiger partial charge in [-0.2, -0.15) is 0 Å². The van der Waals surface area contributed by atoms with Crippen LogP contribution in [0.2, 0.25) is 0 Å². The fraction of sp³-hybridized carbons (Fsp3) is 0.571. The molecule has 1 unspecified atom stereocenters. The summed E-state index contributed by atoms with van der Waals surface area (Å²) in [5, 5.41) is 10.2. The average molecular weight is 315 g/mol. The number of methoxy groups -OCH3 is 2. The lowest BCUT2D eigenvalue weighted by Gasteiger charge is -2.23. The van der Waals surface area contributed by atoms with Crippen molar-refractivity contribution in [1.82, 2.24) is 4.72 Å². The molecule has 1 aromatic carbocycles. The molecule has 118 valence electrons. The number of rotatable bonds is 7. The summed E-state index contributed by atoms with van der Waals surface area (Å²) in [6.45, 7) is 1.65. The van der Waals surface area contributed by atoms with Crippen molar-refractivity contribution in [2.75, 3.05) is 20.8 Å². The Hall–Kier alpha value is -1.31. The number of nitrogens with one attached hydrogen (secondary N) is 1. The highest BCUT2D eigenvalue weighted by Crippen LogP contribution is 2.39. The molecule has 0 aromatic heterocycles. The van der Waals surface area contributed by atoms with Crippen LogP contribution in [0.5, 0.6) is 11.5 Å². The Kier molecular flexibility index (Phi) is 4.46. The molecule has 0 bridgehead atoms. The molecule has 21 heavy (non-hydrogen) atoms. The molecule has 6 nitrogen and oxygen atoms in total. The molecular weight excluding hydrogens is 294 g/mol. The van der Waals surface area contributed by atoms with E-state index in [9.17, 15) is 13.5 Å². The zero-order valence-corrected chi connectivity index (χ0v) is 13.2. The van der Waals surface area contributed by atoms with Gasteiger partial charge in [0, 0.05) is 12.6 Å². The second-order valence-corrected chi connectivity index (χ2v) is 7.24. The Morgan fingerprint density at radius 2 is 1.90 bits per heavy atom. The fourth-order valence-electron chi connectivity index (χ4n) is 2.16. The molecule has 1 aliphatic rings. The minimum Gasteiger partial charge on any atom is -0.493 e. The first-order chi connectivity index (χ1) is 9.80. The third kappa shape index (κ3) is 3.66. The monoisotopic (exact) mass is 315 g/mol. The molecule has 1 aliphatic carbocycles. The van der Waals surface area contributed by atoms with Crippen LogP contribution in [0, 0.1) is 5.92 Å². The maximum Gasteiger partial charge on any atom is 0.240 e. The minimum atomic E-state index is -3.70. The van der Waals surface area contributed by atoms with Crippen LogP contribution < -0.4 is 14.2 Å². The predicted octanol–water partition coefficient (Wildman–Crippen LogP) is 1.14. The number of benzene rings is 1. The Morgan fingerprint density at radius 1 is 1.29 bits per heavy atom. The van der Waals surface area contributed by atoms with E-state index in [2.05, 4.69) is 4.72 Å². The second kappa shape index (κ2) is 5.82. The zero-order chi connectivity index (χ0) is 15.7. The summed E-state index contributed by atoms with van der Waals surface area (Å²) < 4.78 is 37.2. The smallest absolute Gasteiger partial charge is 0.240 e. The van der Waals surface area contributed by atoms with E-state index in [4.69, 9.17) is 9.47 Å². The van der Waals surface area contributed by atoms with E-state index in [-0.39, 0.29) is 17.4 Å². The first kappa shape index (κ1) is 16.1. The molecule has 2 N–H and O–H groups in total. The summed E-state index contributed by atoms with van der Waals surface area (Å²) in [7, 11) is -0.775. The molecular formula is C14H21NO5S. The lowest BCUT2D eigenvalue weighted by atomic mass is 10.0. The highest BCUT2D eigenvalue weighted by atomic mass is 32.2. The van der Waals surface area contributed by atoms with Crippen LogP contribution in [-0.4, -0.2) is 39.9 Å². The lowest BCUT2D eigenvalue weighted by molar-refractivity contribution is 0.0422. The number of ether oxygens (including phenoxy) is 2. The van der Waals surface area contributed by atoms with Crippen LogP contribution in [0.4, 0.5) is 0 Å². The van der Waals surface area contributed by atoms with Crippen molar-refractivity contribution in [2.24, 2.45) is 5.92 Å². The molecule has 0 heterocycles. The topological polar surface area (TPSA) is 84.9 Å². The van der Waals surface area contributed by atoms with Gasteiger partial charge in [0.1, 0.15) is 0 Å². The van der Waals surface area contributed by atoms with Gasteiger partial charge in [-0.3, -0.25) is 0 Å². The second-order valence-electron chi connectivity index (χ2n) is 5.47. The van der Waals surface area contributed by atoms with Crippen molar-refractivity contribution in [2.45, 2.75) is 30.3 Å². The van der Waals surface area contributed by atoms with Crippen LogP contribution in [0.15, 0.2) is 23.1 Å². The Morgan fingerprint density at radius 3 is 2.43 bits per heavy atom. The third-order valence-corrected chi connectivity index (χ3v) is 5.14. The van der Waals surface area contributed by atoms with E-state index in [0.717, 1.165) is 12.8 Å². The predicted molar refractivity (Wildman–Crippen MR) is 78.1 cm³/mol. The van der Waals surface area contributed by atoms with E-state index in [1.165, 1.54) is 32.4 Å². The molecule has 0 aliphatic heterocycles. The molecule has 0 spiro atoms. The summed E-state index contributed by atoms with van der Waals surface area (Å²) in [4.78, 5) is 0.0757. The number of hydrogen-bond acceptors (Lipinski definition) is 5. The van der Waals surface area contributed by atoms with E-state index in [1.54, 1.807) is 6.92 Å². The highest BCUT2D eigenvalue weighted by Gasteiger charge is 2.40. The van der Waals surface area contributed by atoms with Gasteiger partial charge in [-0.25, -0.2) is 13.1 Å². The van der Waals surface area contributed by atoms with Crippen LogP contribution in [-0.2, 0) is 10.0 Å². The zero-order valence-electron chi connectivity index (χ0n) is 12.4. The van der Waals surface area contributed by atoms with Crippen molar-refractivity contribution in [3.63, 3.8) is 0 Å². The third-order valence-electron chi connectivity index (χ3n) is 3.74. The molecule has 0 amide bonds. The Bertz CT molecular complexity index is 608. The number of hydrogen-bond donors (Lipinski definition) is 2. The number of aliphatic hydroxyl groups is 1. The summed E-state index contributed by atoms with van der Waals surface area (Å²) in [5.41, 5.74) is -1.01. The molecule has 7 heteroatoms. The first-order valence-electron chi connectivity index (χ1n) is 6.74. The van der Waals surface area contributed by atoms with Gasteiger partial charge in [-0.15, -0.1) is 0 Å². The fourth-order valence-corrected chi connectivity index (χ4v) is 3.32. The Labute approximate surface area is 125 Å². The van der Waals surface area contributed by atoms with Gasteiger partial charge in [0.25, 0.3) is 0 Å². The molecule has 1 aromatic rings. The molecule has 1 saturated carbocycles. The molecule has 0 radical (unpaired) electrons. The van der Waals surface area contributed by atoms with Crippen molar-refractivity contribution < 1.29 is 23.0 Å². The number of sulfonamides is 1. The van der Waals surface area contributed by atoms with Crippen LogP contribution in [0.25, 0.3) is 0 Å². The van der Waals surface area contributed by atoms with Crippen molar-refractivity contribution in [3.05, 3.63) is 18.2 Å². The van der Waals surface area contributed by atoms with E-state index < -0.39 is 15.6 Å². The standard InChI is InChI=1S/C14H21NO5S/c1-14(16,10-4-5-10)9-15-21(17,18)11-6-7-12(19-2)13(8-11)20-3/h6-8,10,15-16H,4-5,9H2,1-3H3. The molecule has 0 saturated heterocycles. The quantitative estimate of drug-likeness (QED) is 0.788. The van der Waals surface area contributed by atoms with Gasteiger partial charge in [-0.1, -0.05) is 0 Å². The van der Waals surface area contributed by atoms with Gasteiger partial charge in [-0.05, 0) is 37.8 Å². The first-order valence-corrected chi connectivity index (χ1v) is 8.22. The van der Waals surface area contributed by atoms with Gasteiger partial charge in [0.05, 0.1) is 24.7 Å². The van der Waals surface area contributed by atoms with Crippen LogP contribution >= 0.6 is 0 Å². The normalized spacial score (nSPS) is 18.1. The van der Waals surface area contributed by atoms with Crippen molar-refractivity contribution in [3.8, 4) is 11.5 Å². The van der Waals surface area contributed by atoms with Gasteiger partial charge in [0.2, 0.25) is 10.0 Å². The lowest BCUT2D eigenvalue weighted by Crippen LogP contribution is -2.42. The Balaban J connectivity index is 2.15. The highest BCUT2D eigenvalue weighted by molar-refractivity contribution is 7.89.